The van der Waals surface area contributed by atoms with Gasteiger partial charge in [0.2, 0.25) is 5.95 Å². The number of nitrogens with zero attached hydrogens (tertiary/aromatic N) is 5. The van der Waals surface area contributed by atoms with Crippen LogP contribution in [0, 0.1) is 6.92 Å². The van der Waals surface area contributed by atoms with Crippen molar-refractivity contribution in [3.05, 3.63) is 36.8 Å². The second kappa shape index (κ2) is 4.76. The summed E-state index contributed by atoms with van der Waals surface area (Å²) in [6.07, 6.45) is 5.07. The Kier molecular flexibility index (Phi) is 2.94. The molecule has 0 unspecified atom stereocenters. The van der Waals surface area contributed by atoms with Gasteiger partial charge in [-0.15, -0.1) is 0 Å². The van der Waals surface area contributed by atoms with E-state index in [0.717, 1.165) is 11.3 Å². The lowest BCUT2D eigenvalue weighted by Gasteiger charge is -2.08. The minimum absolute atomic E-state index is 0.484. The quantitative estimate of drug-likeness (QED) is 0.732. The first-order valence-electron chi connectivity index (χ1n) is 6.23. The first-order chi connectivity index (χ1) is 9.69. The summed E-state index contributed by atoms with van der Waals surface area (Å²) in [4.78, 5) is 20.4. The maximum Gasteiger partial charge on any atom is 0.237 e. The summed E-state index contributed by atoms with van der Waals surface area (Å²) >= 11 is 0. The van der Waals surface area contributed by atoms with Gasteiger partial charge >= 0.3 is 0 Å². The molecule has 3 aromatic heterocycles. The van der Waals surface area contributed by atoms with Gasteiger partial charge in [-0.1, -0.05) is 6.58 Å². The molecule has 0 aromatic carbocycles. The number of aryl methyl sites for hydroxylation is 1. The summed E-state index contributed by atoms with van der Waals surface area (Å²) in [5, 5.41) is 0. The van der Waals surface area contributed by atoms with E-state index >= 15 is 0 Å². The van der Waals surface area contributed by atoms with Gasteiger partial charge in [0, 0.05) is 12.4 Å². The van der Waals surface area contributed by atoms with Crippen LogP contribution in [0.2, 0.25) is 0 Å². The molecule has 1 N–H and O–H groups in total. The molecule has 7 heteroatoms. The van der Waals surface area contributed by atoms with Gasteiger partial charge in [-0.3, -0.25) is 4.57 Å². The van der Waals surface area contributed by atoms with E-state index in [1.807, 2.05) is 13.8 Å². The molecular weight excluding hydrogens is 256 g/mol. The third-order valence-corrected chi connectivity index (χ3v) is 2.78. The van der Waals surface area contributed by atoms with Crippen LogP contribution in [0.3, 0.4) is 0 Å². The molecule has 20 heavy (non-hydrogen) atoms. The number of H-pyrrole nitrogens is 1. The van der Waals surface area contributed by atoms with Crippen molar-refractivity contribution in [2.24, 2.45) is 0 Å². The van der Waals surface area contributed by atoms with Crippen molar-refractivity contribution in [3.8, 4) is 5.95 Å². The largest absolute Gasteiger partial charge is 0.492 e. The molecule has 7 nitrogen and oxygen atoms in total. The number of rotatable bonds is 4. The van der Waals surface area contributed by atoms with E-state index in [1.165, 1.54) is 0 Å². The van der Waals surface area contributed by atoms with Crippen LogP contribution >= 0.6 is 0 Å². The highest BCUT2D eigenvalue weighted by Gasteiger charge is 2.15. The lowest BCUT2D eigenvalue weighted by atomic mass is 10.3. The number of fused-ring (bicyclic) bond motifs is 1. The summed E-state index contributed by atoms with van der Waals surface area (Å²) in [6, 6.07) is 0. The predicted octanol–water partition coefficient (Wildman–Crippen LogP) is 1.85. The summed E-state index contributed by atoms with van der Waals surface area (Å²) in [5.41, 5.74) is 1.92. The molecule has 0 radical (unpaired) electrons. The summed E-state index contributed by atoms with van der Waals surface area (Å²) in [6.45, 7) is 8.21. The Balaban J connectivity index is 2.22. The topological polar surface area (TPSA) is 81.5 Å². The Labute approximate surface area is 115 Å². The molecule has 0 aliphatic rings. The number of hydrogen-bond acceptors (Lipinski definition) is 5. The molecule has 102 valence electrons. The van der Waals surface area contributed by atoms with E-state index < -0.39 is 0 Å². The van der Waals surface area contributed by atoms with Crippen LogP contribution in [0.25, 0.3) is 22.9 Å². The van der Waals surface area contributed by atoms with Crippen LogP contribution in [0.4, 0.5) is 0 Å². The number of aromatic nitrogens is 6. The van der Waals surface area contributed by atoms with Crippen molar-refractivity contribution in [3.63, 3.8) is 0 Å². The van der Waals surface area contributed by atoms with Gasteiger partial charge in [0.1, 0.15) is 29.1 Å². The van der Waals surface area contributed by atoms with E-state index in [1.54, 1.807) is 23.3 Å². The van der Waals surface area contributed by atoms with Crippen LogP contribution < -0.4 is 0 Å². The molecule has 0 fully saturated rings. The molecule has 3 heterocycles. The average Bonchev–Trinajstić information content (AvgIpc) is 3.04. The third kappa shape index (κ3) is 2.03. The highest BCUT2D eigenvalue weighted by molar-refractivity contribution is 5.83. The van der Waals surface area contributed by atoms with Crippen molar-refractivity contribution >= 4 is 16.9 Å². The van der Waals surface area contributed by atoms with Crippen molar-refractivity contribution in [2.45, 2.75) is 13.8 Å². The zero-order valence-electron chi connectivity index (χ0n) is 11.3. The maximum atomic E-state index is 5.46. The summed E-state index contributed by atoms with van der Waals surface area (Å²) in [7, 11) is 0. The van der Waals surface area contributed by atoms with E-state index in [2.05, 4.69) is 31.5 Å². The molecule has 0 atom stereocenters. The average molecular weight is 270 g/mol. The number of nitrogens with one attached hydrogen (secondary N) is 1. The third-order valence-electron chi connectivity index (χ3n) is 2.78. The van der Waals surface area contributed by atoms with Crippen molar-refractivity contribution in [1.82, 2.24) is 29.5 Å². The van der Waals surface area contributed by atoms with Crippen LogP contribution in [0.15, 0.2) is 25.3 Å². The molecule has 0 aliphatic carbocycles. The van der Waals surface area contributed by atoms with Gasteiger partial charge in [-0.05, 0) is 13.8 Å². The lowest BCUT2D eigenvalue weighted by Crippen LogP contribution is -2.04. The second-order valence-corrected chi connectivity index (χ2v) is 4.22. The number of ether oxygens (including phenoxy) is 1. The van der Waals surface area contributed by atoms with Gasteiger partial charge in [-0.2, -0.15) is 4.98 Å². The molecule has 0 bridgehead atoms. The zero-order valence-corrected chi connectivity index (χ0v) is 11.3. The second-order valence-electron chi connectivity index (χ2n) is 4.22. The molecule has 0 spiro atoms. The molecule has 3 rings (SSSR count). The highest BCUT2D eigenvalue weighted by atomic mass is 16.5. The summed E-state index contributed by atoms with van der Waals surface area (Å²) < 4.78 is 7.17. The van der Waals surface area contributed by atoms with Crippen molar-refractivity contribution < 1.29 is 4.74 Å². The van der Waals surface area contributed by atoms with Crippen molar-refractivity contribution in [1.29, 1.82) is 0 Å². The standard InChI is InChI=1S/C13H14N6O/c1-4-20-8(2)10-11-12(16-9(3)15-11)18-13(17-10)19-6-5-14-7-19/h5-7H,2,4H2,1,3H3,(H,15,16,17,18). The Morgan fingerprint density at radius 1 is 1.40 bits per heavy atom. The normalized spacial score (nSPS) is 10.9. The van der Waals surface area contributed by atoms with Crippen LogP contribution in [0.1, 0.15) is 18.4 Å². The highest BCUT2D eigenvalue weighted by Crippen LogP contribution is 2.21. The number of hydrogen-bond donors (Lipinski definition) is 1. The predicted molar refractivity (Wildman–Crippen MR) is 74.2 cm³/mol. The number of imidazole rings is 2. The first-order valence-corrected chi connectivity index (χ1v) is 6.23. The molecular formula is C13H14N6O. The van der Waals surface area contributed by atoms with E-state index in [-0.39, 0.29) is 0 Å². The van der Waals surface area contributed by atoms with Crippen LogP contribution in [0.5, 0.6) is 0 Å². The fourth-order valence-electron chi connectivity index (χ4n) is 1.94. The fourth-order valence-corrected chi connectivity index (χ4v) is 1.94. The van der Waals surface area contributed by atoms with E-state index in [0.29, 0.717) is 29.7 Å². The van der Waals surface area contributed by atoms with Gasteiger partial charge in [0.05, 0.1) is 6.61 Å². The lowest BCUT2D eigenvalue weighted by molar-refractivity contribution is 0.298. The summed E-state index contributed by atoms with van der Waals surface area (Å²) in [5.74, 6) is 1.74. The van der Waals surface area contributed by atoms with Crippen LogP contribution in [-0.4, -0.2) is 36.1 Å². The van der Waals surface area contributed by atoms with Crippen LogP contribution in [-0.2, 0) is 4.74 Å². The maximum absolute atomic E-state index is 5.46. The SMILES string of the molecule is C=C(OCC)c1nc(-n2ccnc2)nc2nc(C)[nH]c12. The fraction of sp³-hybridized carbons (Fsp3) is 0.231. The molecule has 3 aromatic rings. The smallest absolute Gasteiger partial charge is 0.237 e. The molecule has 0 saturated heterocycles. The van der Waals surface area contributed by atoms with Gasteiger partial charge in [0.15, 0.2) is 5.65 Å². The van der Waals surface area contributed by atoms with Gasteiger partial charge in [-0.25, -0.2) is 15.0 Å². The minimum Gasteiger partial charge on any atom is -0.492 e. The molecule has 0 saturated carbocycles. The van der Waals surface area contributed by atoms with Gasteiger partial charge in [0.25, 0.3) is 0 Å². The van der Waals surface area contributed by atoms with Crippen molar-refractivity contribution in [2.75, 3.05) is 6.61 Å². The van der Waals surface area contributed by atoms with Gasteiger partial charge < -0.3 is 9.72 Å². The number of aromatic amines is 1. The van der Waals surface area contributed by atoms with E-state index in [9.17, 15) is 0 Å². The zero-order chi connectivity index (χ0) is 14.1. The Bertz CT molecular complexity index is 759. The minimum atomic E-state index is 0.484. The van der Waals surface area contributed by atoms with E-state index in [4.69, 9.17) is 4.74 Å². The Hall–Kier alpha value is -2.70. The Morgan fingerprint density at radius 3 is 2.95 bits per heavy atom. The monoisotopic (exact) mass is 270 g/mol. The Morgan fingerprint density at radius 2 is 2.25 bits per heavy atom. The molecule has 0 amide bonds. The molecule has 0 aliphatic heterocycles. The first kappa shape index (κ1) is 12.3.